The first-order valence-electron chi connectivity index (χ1n) is 8.22. The van der Waals surface area contributed by atoms with Crippen molar-refractivity contribution in [2.75, 3.05) is 6.54 Å². The molecule has 2 aromatic rings. The molecule has 0 atom stereocenters. The van der Waals surface area contributed by atoms with Gasteiger partial charge in [0, 0.05) is 18.1 Å². The molecule has 0 fully saturated rings. The molecular weight excluding hydrogens is 374 g/mol. The Morgan fingerprint density at radius 3 is 2.42 bits per heavy atom. The Kier molecular flexibility index (Phi) is 7.02. The van der Waals surface area contributed by atoms with Crippen LogP contribution in [0, 0.1) is 0 Å². The van der Waals surface area contributed by atoms with Gasteiger partial charge in [0.25, 0.3) is 10.0 Å². The second-order valence-corrected chi connectivity index (χ2v) is 7.84. The van der Waals surface area contributed by atoms with Gasteiger partial charge in [0.05, 0.1) is 4.90 Å². The molecule has 6 nitrogen and oxygen atoms in total. The molecule has 140 valence electrons. The van der Waals surface area contributed by atoms with Crippen molar-refractivity contribution in [2.45, 2.75) is 31.2 Å². The van der Waals surface area contributed by atoms with E-state index in [1.165, 1.54) is 12.1 Å². The monoisotopic (exact) mass is 395 g/mol. The maximum Gasteiger partial charge on any atom is 0.328 e. The van der Waals surface area contributed by atoms with Gasteiger partial charge in [-0.3, -0.25) is 0 Å². The standard InChI is InChI=1S/C18H22ClN3O3S/c1-2-14-11-16(19)6-5-15(14)9-10-21-18(23)22-26(24,25)17-7-3-13(12-20)4-8-17/h3-8,11H,2,9-10,12,20H2,1H3,(H2,21,22,23). The van der Waals surface area contributed by atoms with Gasteiger partial charge in [-0.1, -0.05) is 36.7 Å². The number of nitrogens with two attached hydrogens (primary N) is 1. The Morgan fingerprint density at radius 2 is 1.81 bits per heavy atom. The average molecular weight is 396 g/mol. The third kappa shape index (κ3) is 5.45. The first-order chi connectivity index (χ1) is 12.4. The minimum Gasteiger partial charge on any atom is -0.337 e. The third-order valence-electron chi connectivity index (χ3n) is 3.93. The Hall–Kier alpha value is -2.09. The summed E-state index contributed by atoms with van der Waals surface area (Å²) in [5, 5.41) is 3.23. The Balaban J connectivity index is 1.91. The van der Waals surface area contributed by atoms with Crippen molar-refractivity contribution in [3.8, 4) is 0 Å². The first kappa shape index (κ1) is 20.2. The molecule has 4 N–H and O–H groups in total. The van der Waals surface area contributed by atoms with E-state index >= 15 is 0 Å². The summed E-state index contributed by atoms with van der Waals surface area (Å²) in [5.74, 6) is 0. The quantitative estimate of drug-likeness (QED) is 0.670. The molecule has 2 rings (SSSR count). The number of carbonyl (C=O) groups excluding carboxylic acids is 1. The topological polar surface area (TPSA) is 101 Å². The smallest absolute Gasteiger partial charge is 0.328 e. The number of sulfonamides is 1. The Labute approximate surface area is 158 Å². The van der Waals surface area contributed by atoms with E-state index in [-0.39, 0.29) is 4.90 Å². The molecule has 0 aromatic heterocycles. The summed E-state index contributed by atoms with van der Waals surface area (Å²) < 4.78 is 26.4. The molecule has 8 heteroatoms. The number of hydrogen-bond donors (Lipinski definition) is 3. The van der Waals surface area contributed by atoms with Gasteiger partial charge in [-0.25, -0.2) is 17.9 Å². The number of nitrogens with one attached hydrogen (secondary N) is 2. The normalized spacial score (nSPS) is 11.2. The van der Waals surface area contributed by atoms with Gasteiger partial charge in [-0.2, -0.15) is 0 Å². The third-order valence-corrected chi connectivity index (χ3v) is 5.51. The Morgan fingerprint density at radius 1 is 1.12 bits per heavy atom. The fraction of sp³-hybridized carbons (Fsp3) is 0.278. The lowest BCUT2D eigenvalue weighted by Gasteiger charge is -2.11. The van der Waals surface area contributed by atoms with Crippen molar-refractivity contribution < 1.29 is 13.2 Å². The SMILES string of the molecule is CCc1cc(Cl)ccc1CCNC(=O)NS(=O)(=O)c1ccc(CN)cc1. The molecule has 0 bridgehead atoms. The number of rotatable bonds is 7. The van der Waals surface area contributed by atoms with Crippen LogP contribution in [0.1, 0.15) is 23.6 Å². The molecule has 0 heterocycles. The fourth-order valence-corrected chi connectivity index (χ4v) is 3.62. The molecule has 26 heavy (non-hydrogen) atoms. The summed E-state index contributed by atoms with van der Waals surface area (Å²) in [6, 6.07) is 10.9. The lowest BCUT2D eigenvalue weighted by Crippen LogP contribution is -2.40. The largest absolute Gasteiger partial charge is 0.337 e. The van der Waals surface area contributed by atoms with E-state index in [4.69, 9.17) is 17.3 Å². The van der Waals surface area contributed by atoms with Crippen molar-refractivity contribution in [3.05, 3.63) is 64.2 Å². The average Bonchev–Trinajstić information content (AvgIpc) is 2.62. The highest BCUT2D eigenvalue weighted by atomic mass is 35.5. The maximum atomic E-state index is 12.2. The molecule has 0 saturated carbocycles. The number of carbonyl (C=O) groups is 1. The lowest BCUT2D eigenvalue weighted by atomic mass is 10.0. The molecule has 2 amide bonds. The van der Waals surface area contributed by atoms with Gasteiger partial charge in [-0.15, -0.1) is 0 Å². The van der Waals surface area contributed by atoms with Crippen molar-refractivity contribution in [1.82, 2.24) is 10.0 Å². The summed E-state index contributed by atoms with van der Waals surface area (Å²) in [6.45, 7) is 2.65. The van der Waals surface area contributed by atoms with E-state index in [1.807, 2.05) is 23.8 Å². The van der Waals surface area contributed by atoms with Crippen LogP contribution < -0.4 is 15.8 Å². The zero-order valence-corrected chi connectivity index (χ0v) is 16.0. The van der Waals surface area contributed by atoms with E-state index in [0.717, 1.165) is 23.1 Å². The maximum absolute atomic E-state index is 12.2. The van der Waals surface area contributed by atoms with Gasteiger partial charge in [0.2, 0.25) is 0 Å². The lowest BCUT2D eigenvalue weighted by molar-refractivity contribution is 0.246. The van der Waals surface area contributed by atoms with Crippen LogP contribution in [0.3, 0.4) is 0 Å². The summed E-state index contributed by atoms with van der Waals surface area (Å²) >= 11 is 5.98. The van der Waals surface area contributed by atoms with Crippen LogP contribution in [-0.2, 0) is 29.4 Å². The van der Waals surface area contributed by atoms with Crippen LogP contribution in [-0.4, -0.2) is 21.0 Å². The summed E-state index contributed by atoms with van der Waals surface area (Å²) in [6.07, 6.45) is 1.41. The molecule has 0 spiro atoms. The molecule has 0 aliphatic heterocycles. The minimum atomic E-state index is -3.92. The Bertz CT molecular complexity index is 868. The summed E-state index contributed by atoms with van der Waals surface area (Å²) in [7, 11) is -3.92. The van der Waals surface area contributed by atoms with Crippen LogP contribution in [0.5, 0.6) is 0 Å². The highest BCUT2D eigenvalue weighted by Crippen LogP contribution is 2.17. The van der Waals surface area contributed by atoms with Crippen molar-refractivity contribution in [1.29, 1.82) is 0 Å². The van der Waals surface area contributed by atoms with Crippen LogP contribution in [0.15, 0.2) is 47.4 Å². The van der Waals surface area contributed by atoms with Crippen LogP contribution in [0.2, 0.25) is 5.02 Å². The van der Waals surface area contributed by atoms with Crippen molar-refractivity contribution >= 4 is 27.7 Å². The van der Waals surface area contributed by atoms with E-state index in [9.17, 15) is 13.2 Å². The van der Waals surface area contributed by atoms with Gasteiger partial charge in [0.15, 0.2) is 0 Å². The molecular formula is C18H22ClN3O3S. The number of halogens is 1. The summed E-state index contributed by atoms with van der Waals surface area (Å²) in [4.78, 5) is 11.9. The highest BCUT2D eigenvalue weighted by molar-refractivity contribution is 7.90. The number of benzene rings is 2. The minimum absolute atomic E-state index is 0.0100. The van der Waals surface area contributed by atoms with E-state index in [0.29, 0.717) is 24.5 Å². The molecule has 0 radical (unpaired) electrons. The predicted octanol–water partition coefficient (Wildman–Crippen LogP) is 2.59. The zero-order valence-electron chi connectivity index (χ0n) is 14.5. The predicted molar refractivity (Wildman–Crippen MR) is 103 cm³/mol. The number of hydrogen-bond acceptors (Lipinski definition) is 4. The van der Waals surface area contributed by atoms with Gasteiger partial charge >= 0.3 is 6.03 Å². The molecule has 0 saturated heterocycles. The van der Waals surface area contributed by atoms with E-state index in [2.05, 4.69) is 5.32 Å². The summed E-state index contributed by atoms with van der Waals surface area (Å²) in [5.41, 5.74) is 8.46. The first-order valence-corrected chi connectivity index (χ1v) is 10.1. The second-order valence-electron chi connectivity index (χ2n) is 5.73. The molecule has 0 aliphatic rings. The fourth-order valence-electron chi connectivity index (χ4n) is 2.50. The highest BCUT2D eigenvalue weighted by Gasteiger charge is 2.17. The molecule has 2 aromatic carbocycles. The number of amides is 2. The van der Waals surface area contributed by atoms with Gasteiger partial charge in [-0.05, 0) is 53.8 Å². The second kappa shape index (κ2) is 9.02. The van der Waals surface area contributed by atoms with E-state index < -0.39 is 16.1 Å². The molecule has 0 unspecified atom stereocenters. The van der Waals surface area contributed by atoms with Crippen LogP contribution >= 0.6 is 11.6 Å². The molecule has 0 aliphatic carbocycles. The van der Waals surface area contributed by atoms with Gasteiger partial charge in [0.1, 0.15) is 0 Å². The van der Waals surface area contributed by atoms with Crippen molar-refractivity contribution in [3.63, 3.8) is 0 Å². The van der Waals surface area contributed by atoms with Crippen LogP contribution in [0.4, 0.5) is 4.79 Å². The van der Waals surface area contributed by atoms with Gasteiger partial charge < -0.3 is 11.1 Å². The zero-order chi connectivity index (χ0) is 19.2. The number of urea groups is 1. The van der Waals surface area contributed by atoms with Crippen molar-refractivity contribution in [2.24, 2.45) is 5.73 Å². The van der Waals surface area contributed by atoms with Crippen LogP contribution in [0.25, 0.3) is 0 Å². The number of aryl methyl sites for hydroxylation is 1. The van der Waals surface area contributed by atoms with E-state index in [1.54, 1.807) is 18.2 Å².